The summed E-state index contributed by atoms with van der Waals surface area (Å²) in [4.78, 5) is 0. The molecule has 0 aliphatic rings. The number of hydrogen-bond acceptors (Lipinski definition) is 1. The van der Waals surface area contributed by atoms with E-state index < -0.39 is 29.1 Å². The van der Waals surface area contributed by atoms with Crippen LogP contribution in [-0.4, -0.2) is 12.4 Å². The molecule has 0 unspecified atom stereocenters. The zero-order chi connectivity index (χ0) is 16.6. The molecule has 0 atom stereocenters. The summed E-state index contributed by atoms with van der Waals surface area (Å²) in [6.45, 7) is 3.18. The fraction of sp³-hybridized carbons (Fsp3) is 0.538. The Morgan fingerprint density at radius 1 is 0.952 bits per heavy atom. The third kappa shape index (κ3) is 3.24. The first-order valence-electron chi connectivity index (χ1n) is 6.02. The smallest absolute Gasteiger partial charge is 0.399 e. The average Bonchev–Trinajstić information content (AvgIpc) is 2.24. The number of anilines is 1. The van der Waals surface area contributed by atoms with Crippen molar-refractivity contribution in [2.24, 2.45) is 5.92 Å². The van der Waals surface area contributed by atoms with E-state index in [9.17, 15) is 30.7 Å². The predicted octanol–water partition coefficient (Wildman–Crippen LogP) is 4.76. The standard InChI is InChI=1S/C13H14F7N/c1-7(2)5-8-6-9(21)3-4-10(8)11(14,12(15,16)17)13(18,19)20/h3-4,6-7H,5,21H2,1-2H3. The first kappa shape index (κ1) is 17.6. The van der Waals surface area contributed by atoms with Crippen molar-refractivity contribution in [3.05, 3.63) is 29.3 Å². The molecule has 1 nitrogen and oxygen atoms in total. The highest BCUT2D eigenvalue weighted by Gasteiger charge is 2.73. The van der Waals surface area contributed by atoms with Crippen LogP contribution in [0, 0.1) is 5.92 Å². The van der Waals surface area contributed by atoms with Gasteiger partial charge < -0.3 is 5.73 Å². The Balaban J connectivity index is 3.60. The van der Waals surface area contributed by atoms with Crippen molar-refractivity contribution in [3.8, 4) is 0 Å². The molecule has 0 fully saturated rings. The molecule has 1 rings (SSSR count). The van der Waals surface area contributed by atoms with Gasteiger partial charge in [-0.3, -0.25) is 0 Å². The topological polar surface area (TPSA) is 26.0 Å². The molecule has 0 amide bonds. The van der Waals surface area contributed by atoms with Crippen molar-refractivity contribution in [2.45, 2.75) is 38.3 Å². The molecule has 0 saturated heterocycles. The van der Waals surface area contributed by atoms with Gasteiger partial charge in [0.2, 0.25) is 0 Å². The molecule has 120 valence electrons. The van der Waals surface area contributed by atoms with Gasteiger partial charge in [-0.1, -0.05) is 19.9 Å². The second-order valence-electron chi connectivity index (χ2n) is 5.17. The maximum Gasteiger partial charge on any atom is 0.435 e. The molecule has 21 heavy (non-hydrogen) atoms. The molecule has 1 aromatic rings. The molecule has 0 aromatic heterocycles. The van der Waals surface area contributed by atoms with E-state index in [0.717, 1.165) is 12.1 Å². The van der Waals surface area contributed by atoms with E-state index in [1.165, 1.54) is 0 Å². The minimum Gasteiger partial charge on any atom is -0.399 e. The molecule has 0 bridgehead atoms. The van der Waals surface area contributed by atoms with Crippen LogP contribution in [0.25, 0.3) is 0 Å². The van der Waals surface area contributed by atoms with Crippen molar-refractivity contribution in [2.75, 3.05) is 5.73 Å². The quantitative estimate of drug-likeness (QED) is 0.631. The normalized spacial score (nSPS) is 13.8. The highest BCUT2D eigenvalue weighted by Crippen LogP contribution is 2.54. The number of hydrogen-bond donors (Lipinski definition) is 1. The second kappa shape index (κ2) is 5.38. The van der Waals surface area contributed by atoms with E-state index in [1.807, 2.05) is 0 Å². The number of rotatable bonds is 3. The number of halogens is 7. The molecular formula is C13H14F7N. The van der Waals surface area contributed by atoms with Crippen LogP contribution in [0.4, 0.5) is 36.4 Å². The first-order valence-corrected chi connectivity index (χ1v) is 6.02. The van der Waals surface area contributed by atoms with Gasteiger partial charge in [0.15, 0.2) is 0 Å². The molecular weight excluding hydrogens is 303 g/mol. The number of nitrogen functional groups attached to an aromatic ring is 1. The summed E-state index contributed by atoms with van der Waals surface area (Å²) in [5.41, 5.74) is -1.92. The summed E-state index contributed by atoms with van der Waals surface area (Å²) in [5, 5.41) is 0. The molecule has 2 N–H and O–H groups in total. The summed E-state index contributed by atoms with van der Waals surface area (Å²) in [6, 6.07) is 2.22. The van der Waals surface area contributed by atoms with Gasteiger partial charge in [0.1, 0.15) is 0 Å². The van der Waals surface area contributed by atoms with Gasteiger partial charge in [-0.05, 0) is 30.0 Å². The van der Waals surface area contributed by atoms with Crippen LogP contribution >= 0.6 is 0 Å². The van der Waals surface area contributed by atoms with Crippen molar-refractivity contribution >= 4 is 5.69 Å². The van der Waals surface area contributed by atoms with Crippen LogP contribution in [0.5, 0.6) is 0 Å². The Hall–Kier alpha value is -1.47. The molecule has 1 aromatic carbocycles. The number of alkyl halides is 7. The van der Waals surface area contributed by atoms with Crippen LogP contribution in [0.1, 0.15) is 25.0 Å². The fourth-order valence-electron chi connectivity index (χ4n) is 2.02. The lowest BCUT2D eigenvalue weighted by molar-refractivity contribution is -0.348. The van der Waals surface area contributed by atoms with Gasteiger partial charge in [0.25, 0.3) is 0 Å². The van der Waals surface area contributed by atoms with E-state index >= 15 is 0 Å². The van der Waals surface area contributed by atoms with Gasteiger partial charge in [0.05, 0.1) is 0 Å². The summed E-state index contributed by atoms with van der Waals surface area (Å²) in [5.74, 6) is -0.267. The molecule has 0 aliphatic carbocycles. The van der Waals surface area contributed by atoms with Gasteiger partial charge in [-0.2, -0.15) is 26.3 Å². The maximum absolute atomic E-state index is 14.1. The van der Waals surface area contributed by atoms with Crippen molar-refractivity contribution < 1.29 is 30.7 Å². The van der Waals surface area contributed by atoms with Crippen molar-refractivity contribution in [3.63, 3.8) is 0 Å². The van der Waals surface area contributed by atoms with Crippen LogP contribution in [0.2, 0.25) is 0 Å². The first-order chi connectivity index (χ1) is 9.30. The molecule has 0 aliphatic heterocycles. The summed E-state index contributed by atoms with van der Waals surface area (Å²) >= 11 is 0. The monoisotopic (exact) mass is 317 g/mol. The Kier molecular flexibility index (Phi) is 4.51. The van der Waals surface area contributed by atoms with Crippen molar-refractivity contribution in [1.29, 1.82) is 0 Å². The van der Waals surface area contributed by atoms with Crippen LogP contribution < -0.4 is 5.73 Å². The maximum atomic E-state index is 14.1. The van der Waals surface area contributed by atoms with Gasteiger partial charge >= 0.3 is 18.0 Å². The fourth-order valence-corrected chi connectivity index (χ4v) is 2.02. The second-order valence-corrected chi connectivity index (χ2v) is 5.17. The minimum absolute atomic E-state index is 0.0268. The number of benzene rings is 1. The third-order valence-corrected chi connectivity index (χ3v) is 2.91. The molecule has 0 spiro atoms. The van der Waals surface area contributed by atoms with E-state index in [2.05, 4.69) is 0 Å². The Morgan fingerprint density at radius 2 is 1.43 bits per heavy atom. The third-order valence-electron chi connectivity index (χ3n) is 2.91. The minimum atomic E-state index is -6.12. The van der Waals surface area contributed by atoms with Crippen LogP contribution in [-0.2, 0) is 12.1 Å². The van der Waals surface area contributed by atoms with Crippen molar-refractivity contribution in [1.82, 2.24) is 0 Å². The molecule has 0 heterocycles. The molecule has 8 heteroatoms. The Bertz CT molecular complexity index is 488. The van der Waals surface area contributed by atoms with Gasteiger partial charge in [-0.15, -0.1) is 0 Å². The van der Waals surface area contributed by atoms with E-state index in [4.69, 9.17) is 5.73 Å². The summed E-state index contributed by atoms with van der Waals surface area (Å²) in [7, 11) is 0. The lowest BCUT2D eigenvalue weighted by Gasteiger charge is -2.32. The van der Waals surface area contributed by atoms with Gasteiger partial charge in [-0.25, -0.2) is 4.39 Å². The Morgan fingerprint density at radius 3 is 1.81 bits per heavy atom. The van der Waals surface area contributed by atoms with E-state index in [1.54, 1.807) is 13.8 Å². The van der Waals surface area contributed by atoms with Crippen LogP contribution in [0.15, 0.2) is 18.2 Å². The Labute approximate surface area is 116 Å². The largest absolute Gasteiger partial charge is 0.435 e. The van der Waals surface area contributed by atoms with Gasteiger partial charge in [0, 0.05) is 11.3 Å². The highest BCUT2D eigenvalue weighted by atomic mass is 19.4. The zero-order valence-corrected chi connectivity index (χ0v) is 11.2. The lowest BCUT2D eigenvalue weighted by Crippen LogP contribution is -2.51. The van der Waals surface area contributed by atoms with E-state index in [0.29, 0.717) is 6.07 Å². The average molecular weight is 317 g/mol. The molecule has 0 radical (unpaired) electrons. The zero-order valence-electron chi connectivity index (χ0n) is 11.2. The highest BCUT2D eigenvalue weighted by molar-refractivity contribution is 5.48. The lowest BCUT2D eigenvalue weighted by atomic mass is 9.86. The number of nitrogens with two attached hydrogens (primary N) is 1. The summed E-state index contributed by atoms with van der Waals surface area (Å²) in [6.07, 6.45) is -12.4. The predicted molar refractivity (Wildman–Crippen MR) is 64.3 cm³/mol. The van der Waals surface area contributed by atoms with Crippen LogP contribution in [0.3, 0.4) is 0 Å². The molecule has 0 saturated carbocycles. The summed E-state index contributed by atoms with van der Waals surface area (Å²) < 4.78 is 90.8. The SMILES string of the molecule is CC(C)Cc1cc(N)ccc1C(F)(C(F)(F)F)C(F)(F)F. The van der Waals surface area contributed by atoms with E-state index in [-0.39, 0.29) is 18.0 Å².